The largest absolute Gasteiger partial charge is 0.573 e. The zero-order valence-corrected chi connectivity index (χ0v) is 18.8. The van der Waals surface area contributed by atoms with Gasteiger partial charge in [0.1, 0.15) is 23.0 Å². The Hall–Kier alpha value is -3.82. The molecule has 1 amide bonds. The summed E-state index contributed by atoms with van der Waals surface area (Å²) in [4.78, 5) is 32.0. The maximum Gasteiger partial charge on any atom is 0.573 e. The van der Waals surface area contributed by atoms with Gasteiger partial charge in [0.2, 0.25) is 0 Å². The average molecular weight is 475 g/mol. The summed E-state index contributed by atoms with van der Waals surface area (Å²) in [5.74, 6) is -0.0198. The van der Waals surface area contributed by atoms with Crippen LogP contribution in [0.25, 0.3) is 0 Å². The molecule has 10 heteroatoms. The molecule has 1 heterocycles. The Morgan fingerprint density at radius 3 is 2.24 bits per heavy atom. The molecule has 1 unspecified atom stereocenters. The highest BCUT2D eigenvalue weighted by atomic mass is 19.4. The molecule has 0 aliphatic carbocycles. The van der Waals surface area contributed by atoms with Gasteiger partial charge in [-0.15, -0.1) is 13.2 Å². The van der Waals surface area contributed by atoms with E-state index in [9.17, 15) is 22.8 Å². The topological polar surface area (TPSA) is 93.3 Å². The number of aromatic amines is 1. The minimum absolute atomic E-state index is 0.0602. The third kappa shape index (κ3) is 6.84. The summed E-state index contributed by atoms with van der Waals surface area (Å²) in [5, 5.41) is 2.82. The van der Waals surface area contributed by atoms with E-state index < -0.39 is 23.9 Å². The summed E-state index contributed by atoms with van der Waals surface area (Å²) in [6.45, 7) is 3.71. The Labute approximate surface area is 194 Å². The predicted molar refractivity (Wildman–Crippen MR) is 119 cm³/mol. The normalized spacial score (nSPS) is 12.3. The van der Waals surface area contributed by atoms with Crippen molar-refractivity contribution in [2.45, 2.75) is 32.7 Å². The third-order valence-corrected chi connectivity index (χ3v) is 4.98. The molecule has 0 saturated carbocycles. The standard InChI is InChI=1S/C24H24F3N3O4/c1-14(2)22(16-6-10-18(11-7-16)34-24(25,26)27)30-23(32)19-13-21(31)29-20(28-19)12-15-4-8-17(33-3)9-5-15/h4-11,13-14,22H,12H2,1-3H3,(H,30,32)(H,28,29,31). The minimum atomic E-state index is -4.79. The minimum Gasteiger partial charge on any atom is -0.497 e. The van der Waals surface area contributed by atoms with Crippen molar-refractivity contribution in [3.05, 3.63) is 87.6 Å². The van der Waals surface area contributed by atoms with Crippen LogP contribution in [0.1, 0.15) is 47.3 Å². The number of ether oxygens (including phenoxy) is 2. The van der Waals surface area contributed by atoms with Gasteiger partial charge in [-0.25, -0.2) is 4.98 Å². The molecule has 0 saturated heterocycles. The predicted octanol–water partition coefficient (Wildman–Crippen LogP) is 4.40. The second kappa shape index (κ2) is 10.4. The van der Waals surface area contributed by atoms with Crippen LogP contribution in [-0.2, 0) is 6.42 Å². The van der Waals surface area contributed by atoms with Gasteiger partial charge in [0, 0.05) is 12.5 Å². The van der Waals surface area contributed by atoms with Gasteiger partial charge >= 0.3 is 6.36 Å². The van der Waals surface area contributed by atoms with Crippen molar-refractivity contribution in [1.82, 2.24) is 15.3 Å². The van der Waals surface area contributed by atoms with Crippen LogP contribution in [0.3, 0.4) is 0 Å². The maximum absolute atomic E-state index is 12.9. The van der Waals surface area contributed by atoms with Gasteiger partial charge in [0.05, 0.1) is 13.2 Å². The van der Waals surface area contributed by atoms with Crippen molar-refractivity contribution < 1.29 is 27.4 Å². The zero-order valence-electron chi connectivity index (χ0n) is 18.8. The Morgan fingerprint density at radius 1 is 1.06 bits per heavy atom. The number of hydrogen-bond acceptors (Lipinski definition) is 5. The fraction of sp³-hybridized carbons (Fsp3) is 0.292. The molecule has 3 rings (SSSR count). The molecule has 7 nitrogen and oxygen atoms in total. The number of aromatic nitrogens is 2. The van der Waals surface area contributed by atoms with Crippen LogP contribution in [0.15, 0.2) is 59.4 Å². The van der Waals surface area contributed by atoms with Gasteiger partial charge in [0.25, 0.3) is 11.5 Å². The van der Waals surface area contributed by atoms with Crippen molar-refractivity contribution in [2.24, 2.45) is 5.92 Å². The van der Waals surface area contributed by atoms with E-state index in [2.05, 4.69) is 20.0 Å². The first kappa shape index (κ1) is 24.8. The van der Waals surface area contributed by atoms with Crippen LogP contribution in [-0.4, -0.2) is 29.3 Å². The SMILES string of the molecule is COc1ccc(Cc2nc(C(=O)NC(c3ccc(OC(F)(F)F)cc3)C(C)C)cc(=O)[nH]2)cc1. The van der Waals surface area contributed by atoms with E-state index in [1.54, 1.807) is 19.2 Å². The van der Waals surface area contributed by atoms with Crippen molar-refractivity contribution in [3.63, 3.8) is 0 Å². The van der Waals surface area contributed by atoms with Crippen LogP contribution in [0.4, 0.5) is 13.2 Å². The number of rotatable bonds is 8. The third-order valence-electron chi connectivity index (χ3n) is 4.98. The lowest BCUT2D eigenvalue weighted by atomic mass is 9.95. The molecule has 34 heavy (non-hydrogen) atoms. The van der Waals surface area contributed by atoms with Gasteiger partial charge in [-0.3, -0.25) is 9.59 Å². The Kier molecular flexibility index (Phi) is 7.60. The van der Waals surface area contributed by atoms with Gasteiger partial charge in [-0.2, -0.15) is 0 Å². The van der Waals surface area contributed by atoms with E-state index in [1.807, 2.05) is 26.0 Å². The number of methoxy groups -OCH3 is 1. The summed E-state index contributed by atoms with van der Waals surface area (Å²) in [6.07, 6.45) is -4.49. The molecule has 180 valence electrons. The molecule has 0 aliphatic rings. The van der Waals surface area contributed by atoms with E-state index in [0.29, 0.717) is 23.6 Å². The van der Waals surface area contributed by atoms with Crippen LogP contribution < -0.4 is 20.3 Å². The van der Waals surface area contributed by atoms with Crippen LogP contribution >= 0.6 is 0 Å². The lowest BCUT2D eigenvalue weighted by molar-refractivity contribution is -0.274. The molecule has 2 aromatic carbocycles. The second-order valence-electron chi connectivity index (χ2n) is 7.91. The average Bonchev–Trinajstić information content (AvgIpc) is 2.77. The number of halogens is 3. The monoisotopic (exact) mass is 475 g/mol. The molecule has 0 bridgehead atoms. The molecular weight excluding hydrogens is 451 g/mol. The second-order valence-corrected chi connectivity index (χ2v) is 7.91. The highest BCUT2D eigenvalue weighted by molar-refractivity contribution is 5.92. The van der Waals surface area contributed by atoms with Crippen LogP contribution in [0.2, 0.25) is 0 Å². The quantitative estimate of drug-likeness (QED) is 0.504. The number of amides is 1. The van der Waals surface area contributed by atoms with E-state index in [0.717, 1.165) is 11.6 Å². The summed E-state index contributed by atoms with van der Waals surface area (Å²) in [7, 11) is 1.56. The number of nitrogens with zero attached hydrogens (tertiary/aromatic N) is 1. The van der Waals surface area contributed by atoms with Gasteiger partial charge in [-0.05, 0) is 41.3 Å². The smallest absolute Gasteiger partial charge is 0.497 e. The number of carbonyl (C=O) groups excluding carboxylic acids is 1. The molecule has 3 aromatic rings. The van der Waals surface area contributed by atoms with E-state index >= 15 is 0 Å². The highest BCUT2D eigenvalue weighted by Gasteiger charge is 2.31. The summed E-state index contributed by atoms with van der Waals surface area (Å²) in [5.41, 5.74) is 0.914. The molecule has 1 aromatic heterocycles. The van der Waals surface area contributed by atoms with Crippen molar-refractivity contribution >= 4 is 5.91 Å². The molecule has 0 aliphatic heterocycles. The highest BCUT2D eigenvalue weighted by Crippen LogP contribution is 2.27. The lowest BCUT2D eigenvalue weighted by Gasteiger charge is -2.23. The van der Waals surface area contributed by atoms with E-state index in [-0.39, 0.29) is 17.4 Å². The summed E-state index contributed by atoms with van der Waals surface area (Å²) >= 11 is 0. The maximum atomic E-state index is 12.9. The summed E-state index contributed by atoms with van der Waals surface area (Å²) < 4.78 is 46.2. The first-order valence-corrected chi connectivity index (χ1v) is 10.4. The fourth-order valence-corrected chi connectivity index (χ4v) is 3.37. The Bertz CT molecular complexity index is 1170. The summed E-state index contributed by atoms with van der Waals surface area (Å²) in [6, 6.07) is 13.1. The molecule has 0 spiro atoms. The molecular formula is C24H24F3N3O4. The first-order valence-electron chi connectivity index (χ1n) is 10.4. The molecule has 0 fully saturated rings. The van der Waals surface area contributed by atoms with E-state index in [4.69, 9.17) is 4.74 Å². The molecule has 2 N–H and O–H groups in total. The van der Waals surface area contributed by atoms with Crippen LogP contribution in [0.5, 0.6) is 11.5 Å². The number of carbonyl (C=O) groups is 1. The molecule has 1 atom stereocenters. The Morgan fingerprint density at radius 2 is 1.68 bits per heavy atom. The van der Waals surface area contributed by atoms with E-state index in [1.165, 1.54) is 24.3 Å². The van der Waals surface area contributed by atoms with Gasteiger partial charge < -0.3 is 19.8 Å². The van der Waals surface area contributed by atoms with Crippen molar-refractivity contribution in [1.29, 1.82) is 0 Å². The van der Waals surface area contributed by atoms with Crippen molar-refractivity contribution in [2.75, 3.05) is 7.11 Å². The number of benzene rings is 2. The fourth-order valence-electron chi connectivity index (χ4n) is 3.37. The van der Waals surface area contributed by atoms with Gasteiger partial charge in [0.15, 0.2) is 0 Å². The van der Waals surface area contributed by atoms with Crippen LogP contribution in [0, 0.1) is 5.92 Å². The number of alkyl halides is 3. The first-order chi connectivity index (χ1) is 16.0. The van der Waals surface area contributed by atoms with Gasteiger partial charge in [-0.1, -0.05) is 38.1 Å². The number of nitrogens with one attached hydrogen (secondary N) is 2. The Balaban J connectivity index is 1.77. The van der Waals surface area contributed by atoms with Crippen molar-refractivity contribution in [3.8, 4) is 11.5 Å². The lowest BCUT2D eigenvalue weighted by Crippen LogP contribution is -2.33. The zero-order chi connectivity index (χ0) is 24.9. The number of hydrogen-bond donors (Lipinski definition) is 2. The number of H-pyrrole nitrogens is 1. The molecule has 0 radical (unpaired) electrons.